The zero-order valence-corrected chi connectivity index (χ0v) is 18.1. The van der Waals surface area contributed by atoms with E-state index in [9.17, 15) is 9.59 Å². The summed E-state index contributed by atoms with van der Waals surface area (Å²) in [4.78, 5) is 25.2. The molecule has 0 spiro atoms. The molecule has 0 radical (unpaired) electrons. The molecular weight excluding hydrogens is 372 g/mol. The molecule has 28 heavy (non-hydrogen) atoms. The predicted molar refractivity (Wildman–Crippen MR) is 114 cm³/mol. The molecule has 2 aromatic rings. The van der Waals surface area contributed by atoms with Gasteiger partial charge in [0.05, 0.1) is 0 Å². The number of rotatable bonds is 9. The van der Waals surface area contributed by atoms with Gasteiger partial charge in [-0.15, -0.1) is 0 Å². The van der Waals surface area contributed by atoms with E-state index in [-0.39, 0.29) is 17.0 Å². The molecule has 0 aromatic heterocycles. The van der Waals surface area contributed by atoms with Crippen molar-refractivity contribution in [2.45, 2.75) is 59.5 Å². The van der Waals surface area contributed by atoms with Crippen LogP contribution in [0.15, 0.2) is 48.5 Å². The normalized spacial score (nSPS) is 11.9. The van der Waals surface area contributed by atoms with Gasteiger partial charge in [0.15, 0.2) is 17.2 Å². The van der Waals surface area contributed by atoms with Crippen LogP contribution < -0.4 is 4.74 Å². The second kappa shape index (κ2) is 8.91. The summed E-state index contributed by atoms with van der Waals surface area (Å²) in [6.45, 7) is 10.1. The lowest BCUT2D eigenvalue weighted by Crippen LogP contribution is -2.38. The zero-order valence-electron chi connectivity index (χ0n) is 17.3. The summed E-state index contributed by atoms with van der Waals surface area (Å²) in [5.74, 6) is 0.566. The first-order chi connectivity index (χ1) is 13.0. The number of hydrogen-bond donors (Lipinski definition) is 0. The largest absolute Gasteiger partial charge is 0.480 e. The molecule has 4 heteroatoms. The quantitative estimate of drug-likeness (QED) is 0.450. The minimum absolute atomic E-state index is 0.0790. The van der Waals surface area contributed by atoms with E-state index in [0.717, 1.165) is 12.8 Å². The Balaban J connectivity index is 2.03. The van der Waals surface area contributed by atoms with Gasteiger partial charge in [-0.2, -0.15) is 0 Å². The number of Topliss-reactive ketones (excluding diaryl/α,β-unsaturated/α-hetero) is 1. The van der Waals surface area contributed by atoms with Crippen LogP contribution in [-0.2, 0) is 4.79 Å². The van der Waals surface area contributed by atoms with Crippen molar-refractivity contribution in [2.24, 2.45) is 5.41 Å². The summed E-state index contributed by atoms with van der Waals surface area (Å²) in [6, 6.07) is 13.7. The number of carbonyl (C=O) groups is 2. The summed E-state index contributed by atoms with van der Waals surface area (Å²) in [5, 5.41) is 0.592. The van der Waals surface area contributed by atoms with Gasteiger partial charge < -0.3 is 4.74 Å². The Bertz CT molecular complexity index is 818. The molecule has 0 fully saturated rings. The van der Waals surface area contributed by atoms with E-state index >= 15 is 0 Å². The van der Waals surface area contributed by atoms with Crippen molar-refractivity contribution in [3.63, 3.8) is 0 Å². The first kappa shape index (κ1) is 22.2. The van der Waals surface area contributed by atoms with E-state index < -0.39 is 5.60 Å². The highest BCUT2D eigenvalue weighted by molar-refractivity contribution is 6.30. The average Bonchev–Trinajstić information content (AvgIpc) is 2.66. The van der Waals surface area contributed by atoms with E-state index in [1.807, 2.05) is 0 Å². The van der Waals surface area contributed by atoms with E-state index in [2.05, 4.69) is 20.8 Å². The second-order valence-electron chi connectivity index (χ2n) is 8.41. The van der Waals surface area contributed by atoms with Crippen LogP contribution in [-0.4, -0.2) is 17.2 Å². The smallest absolute Gasteiger partial charge is 0.193 e. The van der Waals surface area contributed by atoms with Gasteiger partial charge in [0, 0.05) is 22.6 Å². The summed E-state index contributed by atoms with van der Waals surface area (Å²) < 4.78 is 5.94. The van der Waals surface area contributed by atoms with Gasteiger partial charge in [-0.25, -0.2) is 0 Å². The van der Waals surface area contributed by atoms with Crippen molar-refractivity contribution < 1.29 is 14.3 Å². The molecule has 150 valence electrons. The van der Waals surface area contributed by atoms with Gasteiger partial charge >= 0.3 is 0 Å². The molecule has 0 aliphatic carbocycles. The highest BCUT2D eigenvalue weighted by Gasteiger charge is 2.31. The van der Waals surface area contributed by atoms with Gasteiger partial charge in [-0.3, -0.25) is 9.59 Å². The zero-order chi connectivity index (χ0) is 20.9. The lowest BCUT2D eigenvalue weighted by molar-refractivity contribution is -0.132. The average molecular weight is 401 g/mol. The Morgan fingerprint density at radius 2 is 1.39 bits per heavy atom. The lowest BCUT2D eigenvalue weighted by Gasteiger charge is -2.28. The van der Waals surface area contributed by atoms with Crippen LogP contribution in [0.5, 0.6) is 5.75 Å². The Kier molecular flexibility index (Phi) is 7.06. The van der Waals surface area contributed by atoms with Crippen LogP contribution in [0.25, 0.3) is 0 Å². The molecule has 0 bridgehead atoms. The minimum atomic E-state index is -0.911. The molecule has 0 saturated carbocycles. The maximum Gasteiger partial charge on any atom is 0.193 e. The number of ether oxygens (including phenoxy) is 1. The summed E-state index contributed by atoms with van der Waals surface area (Å²) in [7, 11) is 0. The van der Waals surface area contributed by atoms with E-state index in [1.54, 1.807) is 62.4 Å². The number of halogens is 1. The van der Waals surface area contributed by atoms with Gasteiger partial charge in [0.2, 0.25) is 0 Å². The monoisotopic (exact) mass is 400 g/mol. The summed E-state index contributed by atoms with van der Waals surface area (Å²) in [6.07, 6.45) is 2.36. The van der Waals surface area contributed by atoms with Crippen molar-refractivity contribution in [1.82, 2.24) is 0 Å². The Morgan fingerprint density at radius 1 is 0.893 bits per heavy atom. The fraction of sp³-hybridized carbons (Fsp3) is 0.417. The van der Waals surface area contributed by atoms with Crippen molar-refractivity contribution in [3.8, 4) is 5.75 Å². The Morgan fingerprint density at radius 3 is 1.89 bits per heavy atom. The van der Waals surface area contributed by atoms with Crippen molar-refractivity contribution in [2.75, 3.05) is 0 Å². The summed E-state index contributed by atoms with van der Waals surface area (Å²) in [5.41, 5.74) is 0.372. The fourth-order valence-electron chi connectivity index (χ4n) is 2.72. The van der Waals surface area contributed by atoms with Crippen LogP contribution in [0.3, 0.4) is 0 Å². The lowest BCUT2D eigenvalue weighted by atomic mass is 9.83. The van der Waals surface area contributed by atoms with Crippen molar-refractivity contribution >= 4 is 23.2 Å². The van der Waals surface area contributed by atoms with Gasteiger partial charge in [-0.05, 0) is 74.2 Å². The maximum atomic E-state index is 12.6. The maximum absolute atomic E-state index is 12.6. The third-order valence-corrected chi connectivity index (χ3v) is 5.51. The van der Waals surface area contributed by atoms with Crippen molar-refractivity contribution in [3.05, 3.63) is 64.7 Å². The summed E-state index contributed by atoms with van der Waals surface area (Å²) >= 11 is 5.87. The van der Waals surface area contributed by atoms with Crippen molar-refractivity contribution in [1.29, 1.82) is 0 Å². The Labute approximate surface area is 173 Å². The number of benzene rings is 2. The van der Waals surface area contributed by atoms with Crippen LogP contribution in [0.2, 0.25) is 5.02 Å². The molecular formula is C24H29ClO3. The van der Waals surface area contributed by atoms with E-state index in [0.29, 0.717) is 28.3 Å². The minimum Gasteiger partial charge on any atom is -0.480 e. The molecule has 3 nitrogen and oxygen atoms in total. The first-order valence-electron chi connectivity index (χ1n) is 9.67. The van der Waals surface area contributed by atoms with E-state index in [4.69, 9.17) is 16.3 Å². The van der Waals surface area contributed by atoms with Crippen LogP contribution in [0.4, 0.5) is 0 Å². The molecule has 0 atom stereocenters. The van der Waals surface area contributed by atoms with Crippen LogP contribution >= 0.6 is 11.6 Å². The van der Waals surface area contributed by atoms with Gasteiger partial charge in [-0.1, -0.05) is 38.8 Å². The van der Waals surface area contributed by atoms with Crippen LogP contribution in [0.1, 0.15) is 69.8 Å². The SMILES string of the molecule is CCC(C)(C)CCC(=O)C(C)(C)Oc1ccc(C(=O)c2ccc(Cl)cc2)cc1. The van der Waals surface area contributed by atoms with Crippen LogP contribution in [0, 0.1) is 5.41 Å². The molecule has 0 aliphatic heterocycles. The molecule has 0 N–H and O–H groups in total. The van der Waals surface area contributed by atoms with Gasteiger partial charge in [0.25, 0.3) is 0 Å². The third kappa shape index (κ3) is 5.93. The molecule has 0 heterocycles. The fourth-order valence-corrected chi connectivity index (χ4v) is 2.85. The molecule has 0 amide bonds. The molecule has 2 aromatic carbocycles. The number of hydrogen-bond acceptors (Lipinski definition) is 3. The molecule has 2 rings (SSSR count). The highest BCUT2D eigenvalue weighted by atomic mass is 35.5. The number of carbonyl (C=O) groups excluding carboxylic acids is 2. The van der Waals surface area contributed by atoms with Gasteiger partial charge in [0.1, 0.15) is 5.75 Å². The highest BCUT2D eigenvalue weighted by Crippen LogP contribution is 2.29. The topological polar surface area (TPSA) is 43.4 Å². The molecule has 0 saturated heterocycles. The molecule has 0 aliphatic rings. The first-order valence-corrected chi connectivity index (χ1v) is 10.0. The van der Waals surface area contributed by atoms with E-state index in [1.165, 1.54) is 0 Å². The standard InChI is InChI=1S/C24H29ClO3/c1-6-23(2,3)16-15-21(26)24(4,5)28-20-13-9-18(10-14-20)22(27)17-7-11-19(25)12-8-17/h7-14H,6,15-16H2,1-5H3. The second-order valence-corrected chi connectivity index (χ2v) is 8.85. The molecule has 0 unspecified atom stereocenters. The predicted octanol–water partition coefficient (Wildman–Crippen LogP) is 6.51. The third-order valence-electron chi connectivity index (χ3n) is 5.25. The number of ketones is 2. The Hall–Kier alpha value is -2.13.